The van der Waals surface area contributed by atoms with E-state index in [0.717, 1.165) is 16.8 Å². The van der Waals surface area contributed by atoms with Gasteiger partial charge in [-0.2, -0.15) is 0 Å². The largest absolute Gasteiger partial charge is 0.472 e. The summed E-state index contributed by atoms with van der Waals surface area (Å²) in [5.74, 6) is 0.807. The number of amides is 2. The monoisotopic (exact) mass is 415 g/mol. The predicted molar refractivity (Wildman–Crippen MR) is 120 cm³/mol. The number of anilines is 2. The molecule has 3 aromatic rings. The van der Waals surface area contributed by atoms with Crippen molar-refractivity contribution in [2.24, 2.45) is 0 Å². The SMILES string of the molecule is Cc1ccc(NC(=O)CCCN2C(=O)[C@@H](c3ccccc3)Oc3cccnc32)cc1C. The second-order valence-electron chi connectivity index (χ2n) is 7.67. The first kappa shape index (κ1) is 20.6. The van der Waals surface area contributed by atoms with Gasteiger partial charge in [-0.05, 0) is 55.7 Å². The Morgan fingerprint density at radius 2 is 1.87 bits per heavy atom. The number of benzene rings is 2. The summed E-state index contributed by atoms with van der Waals surface area (Å²) in [6, 6.07) is 18.9. The van der Waals surface area contributed by atoms with Gasteiger partial charge in [0.05, 0.1) is 0 Å². The van der Waals surface area contributed by atoms with Crippen LogP contribution in [0.2, 0.25) is 0 Å². The summed E-state index contributed by atoms with van der Waals surface area (Å²) in [6.45, 7) is 4.44. The summed E-state index contributed by atoms with van der Waals surface area (Å²) >= 11 is 0. The molecule has 2 heterocycles. The third-order valence-corrected chi connectivity index (χ3v) is 5.42. The lowest BCUT2D eigenvalue weighted by Crippen LogP contribution is -2.42. The first-order chi connectivity index (χ1) is 15.0. The first-order valence-electron chi connectivity index (χ1n) is 10.4. The summed E-state index contributed by atoms with van der Waals surface area (Å²) in [5.41, 5.74) is 3.89. The molecule has 1 aliphatic rings. The minimum absolute atomic E-state index is 0.0789. The smallest absolute Gasteiger partial charge is 0.274 e. The Hall–Kier alpha value is -3.67. The summed E-state index contributed by atoms with van der Waals surface area (Å²) in [7, 11) is 0. The molecule has 1 aliphatic heterocycles. The highest BCUT2D eigenvalue weighted by atomic mass is 16.5. The topological polar surface area (TPSA) is 71.5 Å². The van der Waals surface area contributed by atoms with Gasteiger partial charge in [0.15, 0.2) is 11.6 Å². The van der Waals surface area contributed by atoms with Crippen LogP contribution < -0.4 is 15.0 Å². The van der Waals surface area contributed by atoms with Crippen LogP contribution in [0.4, 0.5) is 11.5 Å². The van der Waals surface area contributed by atoms with Gasteiger partial charge < -0.3 is 10.1 Å². The molecule has 0 spiro atoms. The van der Waals surface area contributed by atoms with Crippen molar-refractivity contribution in [3.63, 3.8) is 0 Å². The number of aromatic nitrogens is 1. The molecule has 2 aromatic carbocycles. The van der Waals surface area contributed by atoms with Crippen LogP contribution in [0.1, 0.15) is 35.6 Å². The molecule has 158 valence electrons. The normalized spacial score (nSPS) is 15.2. The molecular weight excluding hydrogens is 390 g/mol. The highest BCUT2D eigenvalue weighted by Crippen LogP contribution is 2.37. The summed E-state index contributed by atoms with van der Waals surface area (Å²) in [4.78, 5) is 31.6. The van der Waals surface area contributed by atoms with E-state index in [4.69, 9.17) is 4.74 Å². The van der Waals surface area contributed by atoms with Gasteiger partial charge in [-0.3, -0.25) is 14.5 Å². The standard InChI is InChI=1S/C25H25N3O3/c1-17-12-13-20(16-18(17)2)27-22(29)11-7-15-28-24-21(10-6-14-26-24)31-23(25(28)30)19-8-4-3-5-9-19/h3-6,8-10,12-14,16,23H,7,11,15H2,1-2H3,(H,27,29)/t23-/m1/s1. The molecule has 0 bridgehead atoms. The number of carbonyl (C=O) groups excluding carboxylic acids is 2. The molecule has 1 N–H and O–H groups in total. The van der Waals surface area contributed by atoms with Gasteiger partial charge in [-0.15, -0.1) is 0 Å². The minimum Gasteiger partial charge on any atom is -0.472 e. The van der Waals surface area contributed by atoms with Crippen LogP contribution >= 0.6 is 0 Å². The Morgan fingerprint density at radius 1 is 1.06 bits per heavy atom. The van der Waals surface area contributed by atoms with E-state index in [1.807, 2.05) is 68.4 Å². The number of carbonyl (C=O) groups is 2. The van der Waals surface area contributed by atoms with Crippen LogP contribution in [0.5, 0.6) is 5.75 Å². The van der Waals surface area contributed by atoms with E-state index in [-0.39, 0.29) is 11.8 Å². The lowest BCUT2D eigenvalue weighted by Gasteiger charge is -2.33. The zero-order chi connectivity index (χ0) is 21.8. The average molecular weight is 415 g/mol. The van der Waals surface area contributed by atoms with Crippen molar-refractivity contribution in [3.8, 4) is 5.75 Å². The van der Waals surface area contributed by atoms with Gasteiger partial charge in [0.2, 0.25) is 12.0 Å². The maximum absolute atomic E-state index is 13.2. The minimum atomic E-state index is -0.720. The van der Waals surface area contributed by atoms with Crippen molar-refractivity contribution in [3.05, 3.63) is 83.6 Å². The van der Waals surface area contributed by atoms with Crippen LogP contribution in [0.25, 0.3) is 0 Å². The summed E-state index contributed by atoms with van der Waals surface area (Å²) in [5, 5.41) is 2.93. The lowest BCUT2D eigenvalue weighted by atomic mass is 10.1. The van der Waals surface area contributed by atoms with E-state index in [1.165, 1.54) is 5.56 Å². The Labute approximate surface area is 181 Å². The lowest BCUT2D eigenvalue weighted by molar-refractivity contribution is -0.127. The van der Waals surface area contributed by atoms with Crippen LogP contribution in [0.3, 0.4) is 0 Å². The van der Waals surface area contributed by atoms with Crippen LogP contribution in [-0.4, -0.2) is 23.3 Å². The van der Waals surface area contributed by atoms with Crippen molar-refractivity contribution in [2.75, 3.05) is 16.8 Å². The number of nitrogens with one attached hydrogen (secondary N) is 1. The van der Waals surface area contributed by atoms with E-state index in [2.05, 4.69) is 10.3 Å². The molecule has 1 aromatic heterocycles. The number of nitrogens with zero attached hydrogens (tertiary/aromatic N) is 2. The van der Waals surface area contributed by atoms with Crippen molar-refractivity contribution in [2.45, 2.75) is 32.8 Å². The fourth-order valence-electron chi connectivity index (χ4n) is 3.60. The molecule has 0 saturated carbocycles. The van der Waals surface area contributed by atoms with Gasteiger partial charge in [0.1, 0.15) is 0 Å². The molecular formula is C25H25N3O3. The second-order valence-corrected chi connectivity index (χ2v) is 7.67. The van der Waals surface area contributed by atoms with Crippen LogP contribution in [0.15, 0.2) is 66.9 Å². The quantitative estimate of drug-likeness (QED) is 0.639. The van der Waals surface area contributed by atoms with Crippen molar-refractivity contribution < 1.29 is 14.3 Å². The van der Waals surface area contributed by atoms with E-state index >= 15 is 0 Å². The van der Waals surface area contributed by atoms with Crippen molar-refractivity contribution >= 4 is 23.3 Å². The fourth-order valence-corrected chi connectivity index (χ4v) is 3.60. The highest BCUT2D eigenvalue weighted by Gasteiger charge is 2.36. The molecule has 1 atom stereocenters. The molecule has 0 fully saturated rings. The molecule has 0 aliphatic carbocycles. The Kier molecular flexibility index (Phi) is 5.98. The number of hydrogen-bond acceptors (Lipinski definition) is 4. The highest BCUT2D eigenvalue weighted by molar-refractivity contribution is 5.99. The fraction of sp³-hybridized carbons (Fsp3) is 0.240. The van der Waals surface area contributed by atoms with Gasteiger partial charge in [-0.1, -0.05) is 36.4 Å². The van der Waals surface area contributed by atoms with Gasteiger partial charge in [0, 0.05) is 30.4 Å². The molecule has 0 saturated heterocycles. The van der Waals surface area contributed by atoms with E-state index < -0.39 is 6.10 Å². The van der Waals surface area contributed by atoms with Gasteiger partial charge in [-0.25, -0.2) is 4.98 Å². The number of pyridine rings is 1. The number of hydrogen-bond donors (Lipinski definition) is 1. The summed E-state index contributed by atoms with van der Waals surface area (Å²) in [6.07, 6.45) is 1.73. The van der Waals surface area contributed by atoms with Gasteiger partial charge in [0.25, 0.3) is 5.91 Å². The van der Waals surface area contributed by atoms with E-state index in [9.17, 15) is 9.59 Å². The zero-order valence-corrected chi connectivity index (χ0v) is 17.7. The summed E-state index contributed by atoms with van der Waals surface area (Å²) < 4.78 is 5.95. The molecule has 6 nitrogen and oxygen atoms in total. The first-order valence-corrected chi connectivity index (χ1v) is 10.4. The maximum Gasteiger partial charge on any atom is 0.274 e. The van der Waals surface area contributed by atoms with Crippen LogP contribution in [0, 0.1) is 13.8 Å². The molecule has 2 amide bonds. The van der Waals surface area contributed by atoms with Crippen molar-refractivity contribution in [1.82, 2.24) is 4.98 Å². The zero-order valence-electron chi connectivity index (χ0n) is 17.7. The molecule has 31 heavy (non-hydrogen) atoms. The second kappa shape index (κ2) is 9.00. The third kappa shape index (κ3) is 4.58. The Morgan fingerprint density at radius 3 is 2.65 bits per heavy atom. The average Bonchev–Trinajstić information content (AvgIpc) is 2.78. The maximum atomic E-state index is 13.2. The predicted octanol–water partition coefficient (Wildman–Crippen LogP) is 4.58. The Balaban J connectivity index is 1.43. The number of fused-ring (bicyclic) bond motifs is 1. The molecule has 0 unspecified atom stereocenters. The van der Waals surface area contributed by atoms with E-state index in [1.54, 1.807) is 17.2 Å². The molecule has 6 heteroatoms. The Bertz CT molecular complexity index is 1100. The van der Waals surface area contributed by atoms with Crippen molar-refractivity contribution in [1.29, 1.82) is 0 Å². The number of ether oxygens (including phenoxy) is 1. The van der Waals surface area contributed by atoms with E-state index in [0.29, 0.717) is 31.0 Å². The third-order valence-electron chi connectivity index (χ3n) is 5.42. The number of aryl methyl sites for hydroxylation is 2. The van der Waals surface area contributed by atoms with Gasteiger partial charge >= 0.3 is 0 Å². The number of rotatable bonds is 6. The molecule has 4 rings (SSSR count). The van der Waals surface area contributed by atoms with Crippen LogP contribution in [-0.2, 0) is 9.59 Å². The molecule has 0 radical (unpaired) electrons.